The number of aryl methyl sites for hydroxylation is 1. The third-order valence-corrected chi connectivity index (χ3v) is 2.36. The highest BCUT2D eigenvalue weighted by atomic mass is 35.5. The van der Waals surface area contributed by atoms with E-state index in [1.807, 2.05) is 0 Å². The van der Waals surface area contributed by atoms with Crippen LogP contribution in [0.3, 0.4) is 0 Å². The first kappa shape index (κ1) is 11.5. The summed E-state index contributed by atoms with van der Waals surface area (Å²) < 4.78 is 0.899. The van der Waals surface area contributed by atoms with Crippen molar-refractivity contribution < 1.29 is 4.79 Å². The molecule has 2 rings (SSSR count). The van der Waals surface area contributed by atoms with Gasteiger partial charge in [0, 0.05) is 22.5 Å². The van der Waals surface area contributed by atoms with Crippen molar-refractivity contribution in [1.29, 1.82) is 0 Å². The van der Waals surface area contributed by atoms with Gasteiger partial charge in [-0.25, -0.2) is 4.79 Å². The average Bonchev–Trinajstić information content (AvgIpc) is 2.58. The first-order chi connectivity index (χ1) is 8.06. The Kier molecular flexibility index (Phi) is 3.01. The molecular formula is C11H10ClN3O2. The van der Waals surface area contributed by atoms with Gasteiger partial charge in [-0.3, -0.25) is 9.89 Å². The van der Waals surface area contributed by atoms with Gasteiger partial charge in [0.1, 0.15) is 0 Å². The SMILES string of the molecule is Cc1cc(=O)n(C(=O)Nc2cccc(Cl)c2)[nH]1. The fourth-order valence-electron chi connectivity index (χ4n) is 1.41. The van der Waals surface area contributed by atoms with Crippen LogP contribution in [-0.2, 0) is 0 Å². The molecule has 0 radical (unpaired) electrons. The van der Waals surface area contributed by atoms with Gasteiger partial charge in [-0.05, 0) is 25.1 Å². The second kappa shape index (κ2) is 4.47. The van der Waals surface area contributed by atoms with Crippen molar-refractivity contribution in [2.45, 2.75) is 6.92 Å². The van der Waals surface area contributed by atoms with Crippen molar-refractivity contribution in [3.8, 4) is 0 Å². The van der Waals surface area contributed by atoms with Crippen LogP contribution in [0.1, 0.15) is 5.69 Å². The summed E-state index contributed by atoms with van der Waals surface area (Å²) in [4.78, 5) is 23.1. The van der Waals surface area contributed by atoms with E-state index in [0.717, 1.165) is 4.68 Å². The van der Waals surface area contributed by atoms with Crippen LogP contribution in [0.15, 0.2) is 35.1 Å². The highest BCUT2D eigenvalue weighted by Gasteiger charge is 2.09. The Morgan fingerprint density at radius 1 is 1.41 bits per heavy atom. The zero-order valence-corrected chi connectivity index (χ0v) is 9.78. The lowest BCUT2D eigenvalue weighted by Crippen LogP contribution is -2.29. The molecule has 0 aliphatic heterocycles. The average molecular weight is 252 g/mol. The Labute approximate surface area is 102 Å². The molecule has 0 atom stereocenters. The van der Waals surface area contributed by atoms with Gasteiger partial charge >= 0.3 is 6.03 Å². The zero-order chi connectivity index (χ0) is 12.4. The molecule has 1 aromatic carbocycles. The maximum atomic E-state index is 11.7. The zero-order valence-electron chi connectivity index (χ0n) is 9.03. The van der Waals surface area contributed by atoms with Crippen LogP contribution in [0, 0.1) is 6.92 Å². The van der Waals surface area contributed by atoms with E-state index in [-0.39, 0.29) is 0 Å². The van der Waals surface area contributed by atoms with Gasteiger partial charge < -0.3 is 5.32 Å². The third kappa shape index (κ3) is 2.57. The molecule has 0 spiro atoms. The van der Waals surface area contributed by atoms with Crippen LogP contribution < -0.4 is 10.9 Å². The van der Waals surface area contributed by atoms with E-state index in [0.29, 0.717) is 16.4 Å². The quantitative estimate of drug-likeness (QED) is 0.816. The Bertz CT molecular complexity index is 615. The van der Waals surface area contributed by atoms with Crippen LogP contribution in [-0.4, -0.2) is 15.8 Å². The Morgan fingerprint density at radius 2 is 2.18 bits per heavy atom. The van der Waals surface area contributed by atoms with Gasteiger partial charge in [-0.1, -0.05) is 17.7 Å². The van der Waals surface area contributed by atoms with E-state index in [1.54, 1.807) is 31.2 Å². The third-order valence-electron chi connectivity index (χ3n) is 2.13. The number of benzene rings is 1. The summed E-state index contributed by atoms with van der Waals surface area (Å²) >= 11 is 5.78. The maximum absolute atomic E-state index is 11.7. The lowest BCUT2D eigenvalue weighted by molar-refractivity contribution is 0.250. The van der Waals surface area contributed by atoms with E-state index in [9.17, 15) is 9.59 Å². The molecule has 1 amide bonds. The second-order valence-electron chi connectivity index (χ2n) is 3.55. The van der Waals surface area contributed by atoms with E-state index < -0.39 is 11.6 Å². The minimum Gasteiger partial charge on any atom is -0.306 e. The molecule has 0 saturated heterocycles. The lowest BCUT2D eigenvalue weighted by atomic mass is 10.3. The largest absolute Gasteiger partial charge is 0.348 e. The molecule has 5 nitrogen and oxygen atoms in total. The van der Waals surface area contributed by atoms with Crippen molar-refractivity contribution in [2.24, 2.45) is 0 Å². The molecule has 0 saturated carbocycles. The molecule has 88 valence electrons. The maximum Gasteiger partial charge on any atom is 0.348 e. The van der Waals surface area contributed by atoms with Crippen molar-refractivity contribution in [2.75, 3.05) is 5.32 Å². The fraction of sp³-hybridized carbons (Fsp3) is 0.0909. The van der Waals surface area contributed by atoms with Gasteiger partial charge in [0.2, 0.25) is 0 Å². The van der Waals surface area contributed by atoms with Gasteiger partial charge in [-0.15, -0.1) is 0 Å². The molecule has 0 fully saturated rings. The Morgan fingerprint density at radius 3 is 2.76 bits per heavy atom. The van der Waals surface area contributed by atoms with Gasteiger partial charge in [0.15, 0.2) is 0 Å². The minimum absolute atomic E-state index is 0.401. The van der Waals surface area contributed by atoms with Crippen LogP contribution in [0.2, 0.25) is 5.02 Å². The summed E-state index contributed by atoms with van der Waals surface area (Å²) in [5.74, 6) is 0. The van der Waals surface area contributed by atoms with Crippen LogP contribution in [0.25, 0.3) is 0 Å². The highest BCUT2D eigenvalue weighted by Crippen LogP contribution is 2.14. The number of hydrogen-bond acceptors (Lipinski definition) is 2. The number of amides is 1. The van der Waals surface area contributed by atoms with Crippen LogP contribution in [0.5, 0.6) is 0 Å². The molecule has 2 aromatic rings. The molecule has 17 heavy (non-hydrogen) atoms. The minimum atomic E-state index is -0.551. The van der Waals surface area contributed by atoms with Gasteiger partial charge in [0.05, 0.1) is 0 Å². The number of halogens is 1. The van der Waals surface area contributed by atoms with Crippen molar-refractivity contribution in [3.63, 3.8) is 0 Å². The number of hydrogen-bond donors (Lipinski definition) is 2. The Hall–Kier alpha value is -2.01. The molecule has 1 aromatic heterocycles. The number of carbonyl (C=O) groups excluding carboxylic acids is 1. The summed E-state index contributed by atoms with van der Waals surface area (Å²) in [6.45, 7) is 1.70. The first-order valence-electron chi connectivity index (χ1n) is 4.92. The summed E-state index contributed by atoms with van der Waals surface area (Å²) in [5, 5.41) is 5.71. The molecule has 0 unspecified atom stereocenters. The normalized spacial score (nSPS) is 10.2. The number of aromatic amines is 1. The number of anilines is 1. The summed E-state index contributed by atoms with van der Waals surface area (Å²) in [6.07, 6.45) is 0. The van der Waals surface area contributed by atoms with Crippen molar-refractivity contribution in [1.82, 2.24) is 9.78 Å². The number of H-pyrrole nitrogens is 1. The van der Waals surface area contributed by atoms with Gasteiger partial charge in [0.25, 0.3) is 5.56 Å². The number of nitrogens with zero attached hydrogens (tertiary/aromatic N) is 1. The molecule has 6 heteroatoms. The summed E-state index contributed by atoms with van der Waals surface area (Å²) in [7, 11) is 0. The fourth-order valence-corrected chi connectivity index (χ4v) is 1.60. The second-order valence-corrected chi connectivity index (χ2v) is 3.99. The highest BCUT2D eigenvalue weighted by molar-refractivity contribution is 6.30. The molecule has 0 bridgehead atoms. The number of nitrogens with one attached hydrogen (secondary N) is 2. The summed E-state index contributed by atoms with van der Waals surface area (Å²) in [6, 6.07) is 7.48. The lowest BCUT2D eigenvalue weighted by Gasteiger charge is -2.04. The van der Waals surface area contributed by atoms with Crippen molar-refractivity contribution in [3.05, 3.63) is 51.4 Å². The molecule has 2 N–H and O–H groups in total. The number of rotatable bonds is 1. The molecule has 1 heterocycles. The number of aromatic nitrogens is 2. The molecule has 0 aliphatic carbocycles. The first-order valence-corrected chi connectivity index (χ1v) is 5.29. The van der Waals surface area contributed by atoms with E-state index in [4.69, 9.17) is 11.6 Å². The van der Waals surface area contributed by atoms with E-state index in [2.05, 4.69) is 10.4 Å². The number of carbonyl (C=O) groups is 1. The standard InChI is InChI=1S/C11H10ClN3O2/c1-7-5-10(16)15(14-7)11(17)13-9-4-2-3-8(12)6-9/h2-6,14H,1H3,(H,13,17). The Balaban J connectivity index is 2.23. The smallest absolute Gasteiger partial charge is 0.306 e. The van der Waals surface area contributed by atoms with Crippen LogP contribution in [0.4, 0.5) is 10.5 Å². The predicted molar refractivity (Wildman–Crippen MR) is 65.7 cm³/mol. The summed E-state index contributed by atoms with van der Waals surface area (Å²) in [5.41, 5.74) is 0.750. The monoisotopic (exact) mass is 251 g/mol. The molecular weight excluding hydrogens is 242 g/mol. The topological polar surface area (TPSA) is 66.9 Å². The van der Waals surface area contributed by atoms with Gasteiger partial charge in [-0.2, -0.15) is 4.68 Å². The molecule has 0 aliphatic rings. The van der Waals surface area contributed by atoms with Crippen LogP contribution >= 0.6 is 11.6 Å². The van der Waals surface area contributed by atoms with Crippen molar-refractivity contribution >= 4 is 23.3 Å². The van der Waals surface area contributed by atoms with E-state index in [1.165, 1.54) is 6.07 Å². The van der Waals surface area contributed by atoms with E-state index >= 15 is 0 Å². The predicted octanol–water partition coefficient (Wildman–Crippen LogP) is 2.22.